The van der Waals surface area contributed by atoms with Gasteiger partial charge in [-0.1, -0.05) is 19.1 Å². The first kappa shape index (κ1) is 17.2. The van der Waals surface area contributed by atoms with E-state index < -0.39 is 5.97 Å². The molecule has 0 spiro atoms. The monoisotopic (exact) mass is 292 g/mol. The number of hydrogen-bond donors (Lipinski definition) is 1. The molecule has 116 valence electrons. The summed E-state index contributed by atoms with van der Waals surface area (Å²) in [5, 5.41) is 8.97. The number of benzene rings is 1. The molecule has 0 heterocycles. The van der Waals surface area contributed by atoms with Crippen LogP contribution in [-0.4, -0.2) is 53.5 Å². The highest BCUT2D eigenvalue weighted by atomic mass is 16.4. The lowest BCUT2D eigenvalue weighted by Crippen LogP contribution is -2.41. The molecule has 5 nitrogen and oxygen atoms in total. The van der Waals surface area contributed by atoms with E-state index in [4.69, 9.17) is 5.11 Å². The van der Waals surface area contributed by atoms with Crippen molar-refractivity contribution < 1.29 is 14.7 Å². The van der Waals surface area contributed by atoms with Gasteiger partial charge in [-0.3, -0.25) is 9.59 Å². The number of carboxylic acids is 1. The van der Waals surface area contributed by atoms with Crippen LogP contribution in [-0.2, 0) is 11.3 Å². The minimum Gasteiger partial charge on any atom is -0.480 e. The van der Waals surface area contributed by atoms with Crippen LogP contribution < -0.4 is 0 Å². The Balaban J connectivity index is 2.90. The van der Waals surface area contributed by atoms with E-state index in [2.05, 4.69) is 0 Å². The van der Waals surface area contributed by atoms with Crippen LogP contribution in [0.4, 0.5) is 0 Å². The number of nitrogens with zero attached hydrogens (tertiary/aromatic N) is 2. The predicted molar refractivity (Wildman–Crippen MR) is 82.3 cm³/mol. The minimum atomic E-state index is -0.993. The van der Waals surface area contributed by atoms with Crippen molar-refractivity contribution in [3.8, 4) is 0 Å². The van der Waals surface area contributed by atoms with Crippen molar-refractivity contribution in [1.29, 1.82) is 0 Å². The van der Waals surface area contributed by atoms with Crippen molar-refractivity contribution in [3.63, 3.8) is 0 Å². The van der Waals surface area contributed by atoms with Gasteiger partial charge in [-0.05, 0) is 45.1 Å². The molecule has 1 aromatic rings. The Bertz CT molecular complexity index is 483. The van der Waals surface area contributed by atoms with Crippen LogP contribution in [0, 0.1) is 0 Å². The summed E-state index contributed by atoms with van der Waals surface area (Å²) in [4.78, 5) is 26.9. The van der Waals surface area contributed by atoms with Crippen molar-refractivity contribution in [3.05, 3.63) is 35.4 Å². The molecule has 1 rings (SSSR count). The summed E-state index contributed by atoms with van der Waals surface area (Å²) in [6.45, 7) is 4.33. The second-order valence-electron chi connectivity index (χ2n) is 5.52. The van der Waals surface area contributed by atoms with E-state index in [1.165, 1.54) is 4.90 Å². The van der Waals surface area contributed by atoms with Crippen LogP contribution in [0.5, 0.6) is 0 Å². The van der Waals surface area contributed by atoms with E-state index in [0.717, 1.165) is 18.5 Å². The van der Waals surface area contributed by atoms with Gasteiger partial charge >= 0.3 is 5.97 Å². The largest absolute Gasteiger partial charge is 0.480 e. The lowest BCUT2D eigenvalue weighted by Gasteiger charge is -2.27. The molecule has 21 heavy (non-hydrogen) atoms. The normalized spacial score (nSPS) is 12.2. The Morgan fingerprint density at radius 3 is 2.19 bits per heavy atom. The molecule has 1 N–H and O–H groups in total. The SMILES string of the molecule is CCC(C)N(CC(=O)O)C(=O)c1ccc(CN(C)C)cc1. The van der Waals surface area contributed by atoms with Gasteiger partial charge in [0.15, 0.2) is 0 Å². The molecule has 5 heteroatoms. The van der Waals surface area contributed by atoms with Gasteiger partial charge in [0.2, 0.25) is 0 Å². The molecular formula is C16H24N2O3. The first-order valence-electron chi connectivity index (χ1n) is 7.11. The number of carbonyl (C=O) groups is 2. The molecule has 0 aliphatic carbocycles. The van der Waals surface area contributed by atoms with Gasteiger partial charge < -0.3 is 14.9 Å². The van der Waals surface area contributed by atoms with Crippen molar-refractivity contribution in [2.24, 2.45) is 0 Å². The fraction of sp³-hybridized carbons (Fsp3) is 0.500. The average Bonchev–Trinajstić information content (AvgIpc) is 2.43. The summed E-state index contributed by atoms with van der Waals surface area (Å²) in [7, 11) is 3.97. The van der Waals surface area contributed by atoms with Gasteiger partial charge in [-0.15, -0.1) is 0 Å². The van der Waals surface area contributed by atoms with E-state index in [1.807, 2.05) is 45.0 Å². The van der Waals surface area contributed by atoms with Crippen molar-refractivity contribution in [2.45, 2.75) is 32.9 Å². The van der Waals surface area contributed by atoms with Gasteiger partial charge in [0.1, 0.15) is 6.54 Å². The molecule has 0 fully saturated rings. The van der Waals surface area contributed by atoms with Gasteiger partial charge in [-0.2, -0.15) is 0 Å². The average molecular weight is 292 g/mol. The fourth-order valence-corrected chi connectivity index (χ4v) is 2.08. The zero-order chi connectivity index (χ0) is 16.0. The molecule has 0 radical (unpaired) electrons. The maximum Gasteiger partial charge on any atom is 0.323 e. The first-order chi connectivity index (χ1) is 9.85. The summed E-state index contributed by atoms with van der Waals surface area (Å²) in [6, 6.07) is 7.23. The number of carboxylic acid groups (broad SMARTS) is 1. The van der Waals surface area contributed by atoms with Crippen LogP contribution in [0.2, 0.25) is 0 Å². The lowest BCUT2D eigenvalue weighted by molar-refractivity contribution is -0.138. The molecule has 0 bridgehead atoms. The fourth-order valence-electron chi connectivity index (χ4n) is 2.08. The molecule has 1 amide bonds. The maximum absolute atomic E-state index is 12.5. The van der Waals surface area contributed by atoms with Gasteiger partial charge in [-0.25, -0.2) is 0 Å². The van der Waals surface area contributed by atoms with Crippen molar-refractivity contribution in [1.82, 2.24) is 9.80 Å². The topological polar surface area (TPSA) is 60.9 Å². The van der Waals surface area contributed by atoms with Crippen LogP contribution in [0.15, 0.2) is 24.3 Å². The smallest absolute Gasteiger partial charge is 0.323 e. The highest BCUT2D eigenvalue weighted by molar-refractivity contribution is 5.96. The molecule has 0 aromatic heterocycles. The molecule has 0 aliphatic rings. The Hall–Kier alpha value is -1.88. The maximum atomic E-state index is 12.5. The minimum absolute atomic E-state index is 0.102. The Morgan fingerprint density at radius 1 is 1.19 bits per heavy atom. The summed E-state index contributed by atoms with van der Waals surface area (Å²) in [5.74, 6) is -1.23. The van der Waals surface area contributed by atoms with E-state index in [9.17, 15) is 9.59 Å². The number of hydrogen-bond acceptors (Lipinski definition) is 3. The van der Waals surface area contributed by atoms with E-state index in [-0.39, 0.29) is 18.5 Å². The quantitative estimate of drug-likeness (QED) is 0.836. The molecular weight excluding hydrogens is 268 g/mol. The third-order valence-corrected chi connectivity index (χ3v) is 3.39. The molecule has 1 unspecified atom stereocenters. The van der Waals surface area contributed by atoms with Crippen LogP contribution >= 0.6 is 0 Å². The number of aliphatic carboxylic acids is 1. The van der Waals surface area contributed by atoms with Gasteiger partial charge in [0, 0.05) is 18.2 Å². The second-order valence-corrected chi connectivity index (χ2v) is 5.52. The molecule has 1 aromatic carbocycles. The predicted octanol–water partition coefficient (Wildman–Crippen LogP) is 2.07. The molecule has 0 saturated heterocycles. The van der Waals surface area contributed by atoms with Crippen LogP contribution in [0.3, 0.4) is 0 Å². The van der Waals surface area contributed by atoms with Crippen LogP contribution in [0.25, 0.3) is 0 Å². The Labute approximate surface area is 126 Å². The summed E-state index contributed by atoms with van der Waals surface area (Å²) in [5.41, 5.74) is 1.64. The van der Waals surface area contributed by atoms with E-state index in [0.29, 0.717) is 5.56 Å². The van der Waals surface area contributed by atoms with Crippen molar-refractivity contribution >= 4 is 11.9 Å². The first-order valence-corrected chi connectivity index (χ1v) is 7.11. The molecule has 0 aliphatic heterocycles. The number of rotatable bonds is 7. The summed E-state index contributed by atoms with van der Waals surface area (Å²) < 4.78 is 0. The highest BCUT2D eigenvalue weighted by Crippen LogP contribution is 2.12. The van der Waals surface area contributed by atoms with Crippen molar-refractivity contribution in [2.75, 3.05) is 20.6 Å². The zero-order valence-electron chi connectivity index (χ0n) is 13.2. The molecule has 1 atom stereocenters. The van der Waals surface area contributed by atoms with E-state index in [1.54, 1.807) is 12.1 Å². The third-order valence-electron chi connectivity index (χ3n) is 3.39. The van der Waals surface area contributed by atoms with Gasteiger partial charge in [0.05, 0.1) is 0 Å². The van der Waals surface area contributed by atoms with E-state index >= 15 is 0 Å². The van der Waals surface area contributed by atoms with Gasteiger partial charge in [0.25, 0.3) is 5.91 Å². The summed E-state index contributed by atoms with van der Waals surface area (Å²) >= 11 is 0. The third kappa shape index (κ3) is 5.19. The molecule has 0 saturated carbocycles. The number of carbonyl (C=O) groups excluding carboxylic acids is 1. The standard InChI is InChI=1S/C16H24N2O3/c1-5-12(2)18(11-15(19)20)16(21)14-8-6-13(7-9-14)10-17(3)4/h6-9,12H,5,10-11H2,1-4H3,(H,19,20). The number of amides is 1. The lowest BCUT2D eigenvalue weighted by atomic mass is 10.1. The Kier molecular flexibility index (Phi) is 6.37. The van der Waals surface area contributed by atoms with Crippen LogP contribution in [0.1, 0.15) is 36.2 Å². The highest BCUT2D eigenvalue weighted by Gasteiger charge is 2.22. The zero-order valence-corrected chi connectivity index (χ0v) is 13.2. The second kappa shape index (κ2) is 7.78. The summed E-state index contributed by atoms with van der Waals surface area (Å²) in [6.07, 6.45) is 0.720. The Morgan fingerprint density at radius 2 is 1.76 bits per heavy atom.